The Labute approximate surface area is 148 Å². The molecule has 1 atom stereocenters. The third kappa shape index (κ3) is 4.38. The monoisotopic (exact) mass is 346 g/mol. The molecule has 136 valence electrons. The Morgan fingerprint density at radius 1 is 1.16 bits per heavy atom. The van der Waals surface area contributed by atoms with Gasteiger partial charge in [0.1, 0.15) is 6.10 Å². The predicted octanol–water partition coefficient (Wildman–Crippen LogP) is 2.43. The van der Waals surface area contributed by atoms with Crippen molar-refractivity contribution >= 4 is 17.5 Å². The minimum atomic E-state index is -0.668. The normalized spacial score (nSPS) is 21.9. The third-order valence-corrected chi connectivity index (χ3v) is 4.86. The van der Waals surface area contributed by atoms with Crippen LogP contribution in [0.25, 0.3) is 0 Å². The smallest absolute Gasteiger partial charge is 0.313 e. The number of ether oxygens (including phenoxy) is 2. The maximum Gasteiger partial charge on any atom is 0.313 e. The fourth-order valence-electron chi connectivity index (χ4n) is 3.49. The van der Waals surface area contributed by atoms with Gasteiger partial charge in [-0.2, -0.15) is 0 Å². The van der Waals surface area contributed by atoms with Gasteiger partial charge in [0.25, 0.3) is 0 Å². The molecule has 1 aliphatic carbocycles. The van der Waals surface area contributed by atoms with Gasteiger partial charge >= 0.3 is 11.8 Å². The lowest BCUT2D eigenvalue weighted by Gasteiger charge is -2.31. The van der Waals surface area contributed by atoms with Crippen LogP contribution in [0.15, 0.2) is 18.2 Å². The highest BCUT2D eigenvalue weighted by atomic mass is 16.7. The molecule has 1 aromatic rings. The number of anilines is 1. The Balaban J connectivity index is 1.47. The van der Waals surface area contributed by atoms with E-state index in [4.69, 9.17) is 9.47 Å². The first-order valence-electron chi connectivity index (χ1n) is 8.96. The number of rotatable bonds is 3. The average molecular weight is 346 g/mol. The Morgan fingerprint density at radius 3 is 2.64 bits per heavy atom. The van der Waals surface area contributed by atoms with Gasteiger partial charge in [0.2, 0.25) is 0 Å². The fraction of sp³-hybridized carbons (Fsp3) is 0.579. The van der Waals surface area contributed by atoms with Crippen LogP contribution in [0, 0.1) is 13.8 Å². The number of carbonyl (C=O) groups excluding carboxylic acids is 2. The molecule has 2 aliphatic rings. The SMILES string of the molecule is Cc1ccc(NC(=O)C(=O)NCC2COC3(CCCCC3)O2)c(C)c1. The Hall–Kier alpha value is -1.92. The van der Waals surface area contributed by atoms with Crippen LogP contribution >= 0.6 is 0 Å². The van der Waals surface area contributed by atoms with Gasteiger partial charge in [0.15, 0.2) is 5.79 Å². The molecular formula is C19H26N2O4. The lowest BCUT2D eigenvalue weighted by molar-refractivity contribution is -0.186. The van der Waals surface area contributed by atoms with Crippen LogP contribution in [0.4, 0.5) is 5.69 Å². The highest BCUT2D eigenvalue weighted by Crippen LogP contribution is 2.37. The number of benzene rings is 1. The summed E-state index contributed by atoms with van der Waals surface area (Å²) in [5.41, 5.74) is 2.68. The summed E-state index contributed by atoms with van der Waals surface area (Å²) in [6.45, 7) is 4.61. The summed E-state index contributed by atoms with van der Waals surface area (Å²) in [5.74, 6) is -1.79. The van der Waals surface area contributed by atoms with Gasteiger partial charge < -0.3 is 20.1 Å². The summed E-state index contributed by atoms with van der Waals surface area (Å²) in [5, 5.41) is 5.29. The molecule has 2 amide bonds. The van der Waals surface area contributed by atoms with Gasteiger partial charge in [0, 0.05) is 25.1 Å². The van der Waals surface area contributed by atoms with Crippen LogP contribution in [-0.2, 0) is 19.1 Å². The van der Waals surface area contributed by atoms with E-state index in [0.29, 0.717) is 12.3 Å². The second kappa shape index (κ2) is 7.54. The summed E-state index contributed by atoms with van der Waals surface area (Å²) in [4.78, 5) is 24.1. The van der Waals surface area contributed by atoms with Crippen molar-refractivity contribution in [3.8, 4) is 0 Å². The molecular weight excluding hydrogens is 320 g/mol. The predicted molar refractivity (Wildman–Crippen MR) is 94.2 cm³/mol. The number of carbonyl (C=O) groups is 2. The minimum Gasteiger partial charge on any atom is -0.347 e. The minimum absolute atomic E-state index is 0.198. The second-order valence-electron chi connectivity index (χ2n) is 7.00. The number of aryl methyl sites for hydroxylation is 2. The average Bonchev–Trinajstić information content (AvgIpc) is 2.98. The molecule has 0 bridgehead atoms. The zero-order chi connectivity index (χ0) is 17.9. The van der Waals surface area contributed by atoms with Gasteiger partial charge in [-0.25, -0.2) is 0 Å². The number of hydrogen-bond acceptors (Lipinski definition) is 4. The molecule has 2 N–H and O–H groups in total. The lowest BCUT2D eigenvalue weighted by atomic mass is 9.94. The fourth-order valence-corrected chi connectivity index (χ4v) is 3.49. The summed E-state index contributed by atoms with van der Waals surface area (Å²) in [6.07, 6.45) is 5.05. The van der Waals surface area contributed by atoms with Gasteiger partial charge in [-0.1, -0.05) is 24.1 Å². The number of hydrogen-bond donors (Lipinski definition) is 2. The molecule has 1 spiro atoms. The molecule has 1 aliphatic heterocycles. The van der Waals surface area contributed by atoms with E-state index in [0.717, 1.165) is 36.8 Å². The van der Waals surface area contributed by atoms with Crippen LogP contribution in [0.2, 0.25) is 0 Å². The lowest BCUT2D eigenvalue weighted by Crippen LogP contribution is -2.41. The van der Waals surface area contributed by atoms with Crippen molar-refractivity contribution in [2.75, 3.05) is 18.5 Å². The summed E-state index contributed by atoms with van der Waals surface area (Å²) in [7, 11) is 0. The van der Waals surface area contributed by atoms with Crippen LogP contribution in [-0.4, -0.2) is 36.9 Å². The summed E-state index contributed by atoms with van der Waals surface area (Å²) < 4.78 is 11.8. The standard InChI is InChI=1S/C19H26N2O4/c1-13-6-7-16(14(2)10-13)21-18(23)17(22)20-11-15-12-24-19(25-15)8-4-3-5-9-19/h6-7,10,15H,3-5,8-9,11-12H2,1-2H3,(H,20,22)(H,21,23). The van der Waals surface area contributed by atoms with Crippen molar-refractivity contribution in [2.24, 2.45) is 0 Å². The van der Waals surface area contributed by atoms with E-state index in [1.807, 2.05) is 26.0 Å². The Morgan fingerprint density at radius 2 is 1.92 bits per heavy atom. The second-order valence-corrected chi connectivity index (χ2v) is 7.00. The van der Waals surface area contributed by atoms with Gasteiger partial charge in [-0.3, -0.25) is 9.59 Å². The van der Waals surface area contributed by atoms with Crippen molar-refractivity contribution in [3.05, 3.63) is 29.3 Å². The quantitative estimate of drug-likeness (QED) is 0.824. The molecule has 1 unspecified atom stereocenters. The highest BCUT2D eigenvalue weighted by molar-refractivity contribution is 6.39. The van der Waals surface area contributed by atoms with Crippen molar-refractivity contribution in [1.29, 1.82) is 0 Å². The van der Waals surface area contributed by atoms with Crippen LogP contribution in [0.1, 0.15) is 43.2 Å². The van der Waals surface area contributed by atoms with E-state index in [2.05, 4.69) is 10.6 Å². The molecule has 3 rings (SSSR count). The molecule has 0 aromatic heterocycles. The van der Waals surface area contributed by atoms with E-state index >= 15 is 0 Å². The van der Waals surface area contributed by atoms with E-state index in [1.165, 1.54) is 6.42 Å². The van der Waals surface area contributed by atoms with Gasteiger partial charge in [-0.15, -0.1) is 0 Å². The molecule has 6 nitrogen and oxygen atoms in total. The molecule has 25 heavy (non-hydrogen) atoms. The van der Waals surface area contributed by atoms with Crippen LogP contribution in [0.5, 0.6) is 0 Å². The summed E-state index contributed by atoms with van der Waals surface area (Å²) in [6, 6.07) is 5.66. The van der Waals surface area contributed by atoms with E-state index in [1.54, 1.807) is 6.07 Å². The molecule has 1 saturated heterocycles. The van der Waals surface area contributed by atoms with Gasteiger partial charge in [-0.05, 0) is 38.3 Å². The molecule has 2 fully saturated rings. The maximum absolute atomic E-state index is 12.1. The topological polar surface area (TPSA) is 76.7 Å². The first-order valence-corrected chi connectivity index (χ1v) is 8.96. The van der Waals surface area contributed by atoms with Crippen LogP contribution < -0.4 is 10.6 Å². The maximum atomic E-state index is 12.1. The molecule has 1 heterocycles. The van der Waals surface area contributed by atoms with E-state index < -0.39 is 17.6 Å². The Kier molecular flexibility index (Phi) is 5.39. The Bertz CT molecular complexity index is 653. The molecule has 1 aromatic carbocycles. The summed E-state index contributed by atoms with van der Waals surface area (Å²) >= 11 is 0. The third-order valence-electron chi connectivity index (χ3n) is 4.86. The van der Waals surface area contributed by atoms with E-state index in [-0.39, 0.29) is 12.6 Å². The molecule has 1 saturated carbocycles. The van der Waals surface area contributed by atoms with Crippen LogP contribution in [0.3, 0.4) is 0 Å². The highest BCUT2D eigenvalue weighted by Gasteiger charge is 2.42. The van der Waals surface area contributed by atoms with Gasteiger partial charge in [0.05, 0.1) is 6.61 Å². The van der Waals surface area contributed by atoms with E-state index in [9.17, 15) is 9.59 Å². The largest absolute Gasteiger partial charge is 0.347 e. The molecule has 6 heteroatoms. The number of nitrogens with one attached hydrogen (secondary N) is 2. The molecule has 0 radical (unpaired) electrons. The van der Waals surface area contributed by atoms with Crippen molar-refractivity contribution in [1.82, 2.24) is 5.32 Å². The first kappa shape index (κ1) is 17.9. The van der Waals surface area contributed by atoms with Crippen molar-refractivity contribution in [3.63, 3.8) is 0 Å². The number of amides is 2. The zero-order valence-corrected chi connectivity index (χ0v) is 14.9. The van der Waals surface area contributed by atoms with Crippen molar-refractivity contribution in [2.45, 2.75) is 57.8 Å². The van der Waals surface area contributed by atoms with Crippen molar-refractivity contribution < 1.29 is 19.1 Å². The first-order chi connectivity index (χ1) is 12.0. The zero-order valence-electron chi connectivity index (χ0n) is 14.9.